The summed E-state index contributed by atoms with van der Waals surface area (Å²) in [6.07, 6.45) is 0.954. The molecule has 2 unspecified atom stereocenters. The minimum Gasteiger partial charge on any atom is -0.327 e. The molecular formula is C14H22FNS. The molecule has 3 heteroatoms. The lowest BCUT2D eigenvalue weighted by Crippen LogP contribution is -2.40. The lowest BCUT2D eigenvalue weighted by molar-refractivity contribution is 0.350. The lowest BCUT2D eigenvalue weighted by atomic mass is 9.87. The first-order valence-electron chi connectivity index (χ1n) is 6.02. The highest BCUT2D eigenvalue weighted by Gasteiger charge is 2.30. The minimum absolute atomic E-state index is 0.133. The second-order valence-corrected chi connectivity index (χ2v) is 6.65. The summed E-state index contributed by atoms with van der Waals surface area (Å²) in [6, 6.07) is 6.80. The summed E-state index contributed by atoms with van der Waals surface area (Å²) in [4.78, 5) is 1.08. The standard InChI is InChI=1S/C14H22FNS/c1-5-12(16)13(14(2,3)4)17-11-8-6-10(15)7-9-11/h6-9,12-13H,5,16H2,1-4H3. The monoisotopic (exact) mass is 255 g/mol. The van der Waals surface area contributed by atoms with Gasteiger partial charge >= 0.3 is 0 Å². The van der Waals surface area contributed by atoms with Gasteiger partial charge in [0.1, 0.15) is 5.82 Å². The number of hydrogen-bond acceptors (Lipinski definition) is 2. The molecule has 0 spiro atoms. The average molecular weight is 255 g/mol. The molecule has 1 aromatic rings. The van der Waals surface area contributed by atoms with Crippen LogP contribution in [0.1, 0.15) is 34.1 Å². The van der Waals surface area contributed by atoms with Gasteiger partial charge in [-0.25, -0.2) is 4.39 Å². The van der Waals surface area contributed by atoms with Crippen molar-refractivity contribution in [2.45, 2.75) is 50.3 Å². The van der Waals surface area contributed by atoms with Crippen molar-refractivity contribution < 1.29 is 4.39 Å². The summed E-state index contributed by atoms with van der Waals surface area (Å²) < 4.78 is 12.8. The average Bonchev–Trinajstić information content (AvgIpc) is 2.25. The van der Waals surface area contributed by atoms with Gasteiger partial charge in [-0.15, -0.1) is 11.8 Å². The van der Waals surface area contributed by atoms with Crippen molar-refractivity contribution in [1.29, 1.82) is 0 Å². The molecule has 2 N–H and O–H groups in total. The van der Waals surface area contributed by atoms with Crippen LogP contribution >= 0.6 is 11.8 Å². The molecule has 0 saturated carbocycles. The zero-order chi connectivity index (χ0) is 13.1. The lowest BCUT2D eigenvalue weighted by Gasteiger charge is -2.34. The predicted molar refractivity (Wildman–Crippen MR) is 73.8 cm³/mol. The van der Waals surface area contributed by atoms with Gasteiger partial charge in [-0.05, 0) is 36.1 Å². The first-order chi connectivity index (χ1) is 7.84. The van der Waals surface area contributed by atoms with Crippen LogP contribution in [0, 0.1) is 11.2 Å². The Balaban J connectivity index is 2.83. The highest BCUT2D eigenvalue weighted by atomic mass is 32.2. The Morgan fingerprint density at radius 1 is 1.24 bits per heavy atom. The highest BCUT2D eigenvalue weighted by Crippen LogP contribution is 2.37. The fourth-order valence-corrected chi connectivity index (χ4v) is 3.09. The Morgan fingerprint density at radius 3 is 2.18 bits per heavy atom. The first-order valence-corrected chi connectivity index (χ1v) is 6.90. The third kappa shape index (κ3) is 4.32. The maximum atomic E-state index is 12.8. The molecule has 0 aliphatic carbocycles. The van der Waals surface area contributed by atoms with Gasteiger partial charge in [-0.3, -0.25) is 0 Å². The first kappa shape index (κ1) is 14.5. The van der Waals surface area contributed by atoms with Crippen molar-refractivity contribution in [3.05, 3.63) is 30.1 Å². The van der Waals surface area contributed by atoms with E-state index in [1.165, 1.54) is 12.1 Å². The van der Waals surface area contributed by atoms with Crippen molar-refractivity contribution in [1.82, 2.24) is 0 Å². The topological polar surface area (TPSA) is 26.0 Å². The molecule has 0 saturated heterocycles. The van der Waals surface area contributed by atoms with E-state index in [9.17, 15) is 4.39 Å². The summed E-state index contributed by atoms with van der Waals surface area (Å²) >= 11 is 1.75. The van der Waals surface area contributed by atoms with E-state index in [1.54, 1.807) is 11.8 Å². The molecule has 0 aromatic heterocycles. The molecule has 0 fully saturated rings. The SMILES string of the molecule is CCC(N)C(Sc1ccc(F)cc1)C(C)(C)C. The van der Waals surface area contributed by atoms with Crippen molar-refractivity contribution in [3.63, 3.8) is 0 Å². The molecule has 0 heterocycles. The van der Waals surface area contributed by atoms with Gasteiger partial charge in [0, 0.05) is 16.2 Å². The third-order valence-electron chi connectivity index (χ3n) is 2.79. The minimum atomic E-state index is -0.193. The summed E-state index contributed by atoms with van der Waals surface area (Å²) in [6.45, 7) is 8.70. The second kappa shape index (κ2) is 5.87. The molecule has 1 nitrogen and oxygen atoms in total. The molecule has 96 valence electrons. The third-order valence-corrected chi connectivity index (χ3v) is 4.65. The van der Waals surface area contributed by atoms with Gasteiger partial charge in [-0.1, -0.05) is 27.7 Å². The Bertz CT molecular complexity index is 342. The van der Waals surface area contributed by atoms with E-state index in [0.717, 1.165) is 11.3 Å². The van der Waals surface area contributed by atoms with Crippen molar-refractivity contribution in [2.24, 2.45) is 11.1 Å². The van der Waals surface area contributed by atoms with Crippen LogP contribution in [0.3, 0.4) is 0 Å². The molecule has 0 amide bonds. The maximum Gasteiger partial charge on any atom is 0.123 e. The Kier molecular flexibility index (Phi) is 5.02. The van der Waals surface area contributed by atoms with Crippen molar-refractivity contribution >= 4 is 11.8 Å². The number of rotatable bonds is 4. The zero-order valence-electron chi connectivity index (χ0n) is 11.0. The number of halogens is 1. The van der Waals surface area contributed by atoms with Gasteiger partial charge in [0.05, 0.1) is 0 Å². The summed E-state index contributed by atoms with van der Waals surface area (Å²) in [7, 11) is 0. The van der Waals surface area contributed by atoms with E-state index in [0.29, 0.717) is 5.25 Å². The molecule has 0 aliphatic rings. The molecule has 0 aliphatic heterocycles. The molecule has 1 aromatic carbocycles. The van der Waals surface area contributed by atoms with Gasteiger partial charge in [0.2, 0.25) is 0 Å². The number of benzene rings is 1. The quantitative estimate of drug-likeness (QED) is 0.821. The summed E-state index contributed by atoms with van der Waals surface area (Å²) in [5.41, 5.74) is 6.32. The van der Waals surface area contributed by atoms with Crippen LogP contribution in [0.4, 0.5) is 4.39 Å². The van der Waals surface area contributed by atoms with Gasteiger partial charge < -0.3 is 5.73 Å². The molecule has 1 rings (SSSR count). The Labute approximate surface area is 108 Å². The van der Waals surface area contributed by atoms with Gasteiger partial charge in [0.15, 0.2) is 0 Å². The molecule has 2 atom stereocenters. The van der Waals surface area contributed by atoms with E-state index in [2.05, 4.69) is 27.7 Å². The van der Waals surface area contributed by atoms with E-state index < -0.39 is 0 Å². The normalized spacial score (nSPS) is 15.6. The summed E-state index contributed by atoms with van der Waals surface area (Å²) in [5.74, 6) is -0.193. The van der Waals surface area contributed by atoms with Crippen LogP contribution in [0.2, 0.25) is 0 Å². The number of nitrogens with two attached hydrogens (primary N) is 1. The van der Waals surface area contributed by atoms with Crippen molar-refractivity contribution in [3.8, 4) is 0 Å². The predicted octanol–water partition coefficient (Wildman–Crippen LogP) is 4.07. The molecular weight excluding hydrogens is 233 g/mol. The fourth-order valence-electron chi connectivity index (χ4n) is 1.78. The second-order valence-electron chi connectivity index (χ2n) is 5.43. The van der Waals surface area contributed by atoms with E-state index >= 15 is 0 Å². The molecule has 17 heavy (non-hydrogen) atoms. The van der Waals surface area contributed by atoms with E-state index in [-0.39, 0.29) is 17.3 Å². The summed E-state index contributed by atoms with van der Waals surface area (Å²) in [5, 5.41) is 0.331. The molecule has 0 bridgehead atoms. The Hall–Kier alpha value is -0.540. The van der Waals surface area contributed by atoms with Crippen LogP contribution in [0.15, 0.2) is 29.2 Å². The smallest absolute Gasteiger partial charge is 0.123 e. The van der Waals surface area contributed by atoms with Crippen LogP contribution in [-0.4, -0.2) is 11.3 Å². The zero-order valence-corrected chi connectivity index (χ0v) is 11.9. The van der Waals surface area contributed by atoms with Gasteiger partial charge in [0.25, 0.3) is 0 Å². The van der Waals surface area contributed by atoms with Crippen molar-refractivity contribution in [2.75, 3.05) is 0 Å². The van der Waals surface area contributed by atoms with Crippen LogP contribution in [0.25, 0.3) is 0 Å². The van der Waals surface area contributed by atoms with Crippen LogP contribution < -0.4 is 5.73 Å². The van der Waals surface area contributed by atoms with Gasteiger partial charge in [-0.2, -0.15) is 0 Å². The molecule has 0 radical (unpaired) electrons. The number of thioether (sulfide) groups is 1. The van der Waals surface area contributed by atoms with Crippen LogP contribution in [0.5, 0.6) is 0 Å². The van der Waals surface area contributed by atoms with Crippen LogP contribution in [-0.2, 0) is 0 Å². The largest absolute Gasteiger partial charge is 0.327 e. The van der Waals surface area contributed by atoms with E-state index in [1.807, 2.05) is 12.1 Å². The fraction of sp³-hybridized carbons (Fsp3) is 0.571. The highest BCUT2D eigenvalue weighted by molar-refractivity contribution is 8.00. The van der Waals surface area contributed by atoms with E-state index in [4.69, 9.17) is 5.73 Å². The Morgan fingerprint density at radius 2 is 1.76 bits per heavy atom. The maximum absolute atomic E-state index is 12.8. The number of hydrogen-bond donors (Lipinski definition) is 1.